The van der Waals surface area contributed by atoms with Crippen molar-refractivity contribution >= 4 is 17.5 Å². The molecule has 0 fully saturated rings. The van der Waals surface area contributed by atoms with Gasteiger partial charge in [-0.05, 0) is 35.6 Å². The maximum absolute atomic E-state index is 12.9. The lowest BCUT2D eigenvalue weighted by Crippen LogP contribution is -2.38. The first-order chi connectivity index (χ1) is 15.1. The fourth-order valence-electron chi connectivity index (χ4n) is 3.29. The Balaban J connectivity index is 1.62. The molecular formula is C26H27N3O2. The summed E-state index contributed by atoms with van der Waals surface area (Å²) in [6.07, 6.45) is 0.972. The molecule has 0 spiro atoms. The highest BCUT2D eigenvalue weighted by Crippen LogP contribution is 2.24. The lowest BCUT2D eigenvalue weighted by Gasteiger charge is -2.17. The van der Waals surface area contributed by atoms with Gasteiger partial charge in [0.2, 0.25) is 5.91 Å². The third-order valence-corrected chi connectivity index (χ3v) is 5.08. The van der Waals surface area contributed by atoms with Gasteiger partial charge in [0.15, 0.2) is 0 Å². The highest BCUT2D eigenvalue weighted by Gasteiger charge is 2.22. The molecule has 3 aromatic rings. The minimum absolute atomic E-state index is 0.152. The van der Waals surface area contributed by atoms with Gasteiger partial charge in [-0.25, -0.2) is 5.43 Å². The Kier molecular flexibility index (Phi) is 7.71. The van der Waals surface area contributed by atoms with Crippen LogP contribution < -0.4 is 10.7 Å². The number of hydrogen-bond acceptors (Lipinski definition) is 3. The molecule has 31 heavy (non-hydrogen) atoms. The molecule has 0 bridgehead atoms. The van der Waals surface area contributed by atoms with Gasteiger partial charge in [0.1, 0.15) is 0 Å². The Morgan fingerprint density at radius 1 is 0.839 bits per heavy atom. The van der Waals surface area contributed by atoms with Crippen LogP contribution in [-0.4, -0.2) is 24.1 Å². The van der Waals surface area contributed by atoms with Crippen molar-refractivity contribution in [2.75, 3.05) is 6.54 Å². The third kappa shape index (κ3) is 6.12. The topological polar surface area (TPSA) is 70.6 Å². The van der Waals surface area contributed by atoms with E-state index in [-0.39, 0.29) is 18.4 Å². The van der Waals surface area contributed by atoms with Crippen LogP contribution in [0.1, 0.15) is 42.0 Å². The van der Waals surface area contributed by atoms with E-state index in [0.29, 0.717) is 5.71 Å². The average Bonchev–Trinajstić information content (AvgIpc) is 2.83. The second-order valence-electron chi connectivity index (χ2n) is 7.25. The van der Waals surface area contributed by atoms with Crippen molar-refractivity contribution in [1.82, 2.24) is 10.7 Å². The van der Waals surface area contributed by atoms with Crippen LogP contribution >= 0.6 is 0 Å². The molecule has 5 nitrogen and oxygen atoms in total. The molecule has 0 atom stereocenters. The zero-order valence-corrected chi connectivity index (χ0v) is 17.8. The van der Waals surface area contributed by atoms with Crippen LogP contribution in [0.3, 0.4) is 0 Å². The Labute approximate surface area is 183 Å². The van der Waals surface area contributed by atoms with Crippen molar-refractivity contribution in [2.24, 2.45) is 5.10 Å². The Morgan fingerprint density at radius 3 is 1.90 bits per heavy atom. The normalized spacial score (nSPS) is 11.3. The van der Waals surface area contributed by atoms with E-state index in [2.05, 4.69) is 22.8 Å². The monoisotopic (exact) mass is 413 g/mol. The summed E-state index contributed by atoms with van der Waals surface area (Å²) in [6, 6.07) is 27.1. The molecular weight excluding hydrogens is 386 g/mol. The zero-order valence-electron chi connectivity index (χ0n) is 17.8. The summed E-state index contributed by atoms with van der Waals surface area (Å²) < 4.78 is 0. The molecule has 2 amide bonds. The van der Waals surface area contributed by atoms with Crippen LogP contribution in [0.15, 0.2) is 90.0 Å². The van der Waals surface area contributed by atoms with E-state index in [4.69, 9.17) is 0 Å². The molecule has 0 saturated carbocycles. The molecule has 0 unspecified atom stereocenters. The number of rotatable bonds is 8. The number of carbonyl (C=O) groups is 2. The van der Waals surface area contributed by atoms with Crippen LogP contribution in [0.4, 0.5) is 0 Å². The molecule has 3 aromatic carbocycles. The van der Waals surface area contributed by atoms with Gasteiger partial charge in [-0.2, -0.15) is 5.10 Å². The highest BCUT2D eigenvalue weighted by molar-refractivity contribution is 5.99. The summed E-state index contributed by atoms with van der Waals surface area (Å²) in [5, 5.41) is 6.89. The molecule has 0 aliphatic carbocycles. The number of nitrogens with zero attached hydrogens (tertiary/aromatic N) is 1. The van der Waals surface area contributed by atoms with E-state index >= 15 is 0 Å². The zero-order chi connectivity index (χ0) is 22.1. The molecule has 0 heterocycles. The van der Waals surface area contributed by atoms with Crippen molar-refractivity contribution < 1.29 is 9.59 Å². The molecule has 5 heteroatoms. The van der Waals surface area contributed by atoms with Gasteiger partial charge in [0, 0.05) is 0 Å². The van der Waals surface area contributed by atoms with Gasteiger partial charge in [-0.1, -0.05) is 91.9 Å². The smallest absolute Gasteiger partial charge is 0.259 e. The number of hydrogen-bond donors (Lipinski definition) is 2. The molecule has 2 N–H and O–H groups in total. The first kappa shape index (κ1) is 22.0. The summed E-state index contributed by atoms with van der Waals surface area (Å²) >= 11 is 0. The van der Waals surface area contributed by atoms with E-state index in [1.807, 2.05) is 91.9 Å². The van der Waals surface area contributed by atoms with Gasteiger partial charge in [-0.3, -0.25) is 9.59 Å². The minimum Gasteiger partial charge on any atom is -0.346 e. The quantitative estimate of drug-likeness (QED) is 0.432. The number of aryl methyl sites for hydroxylation is 1. The predicted octanol–water partition coefficient (Wildman–Crippen LogP) is 4.04. The number of hydrazone groups is 1. The first-order valence-corrected chi connectivity index (χ1v) is 10.4. The van der Waals surface area contributed by atoms with Crippen LogP contribution in [-0.2, 0) is 16.0 Å². The van der Waals surface area contributed by atoms with E-state index in [0.717, 1.165) is 23.1 Å². The van der Waals surface area contributed by atoms with E-state index in [1.165, 1.54) is 5.56 Å². The molecule has 3 rings (SSSR count). The summed E-state index contributed by atoms with van der Waals surface area (Å²) in [6.45, 7) is 3.78. The van der Waals surface area contributed by atoms with Crippen molar-refractivity contribution in [3.05, 3.63) is 107 Å². The van der Waals surface area contributed by atoms with Crippen LogP contribution in [0.2, 0.25) is 0 Å². The number of amides is 2. The van der Waals surface area contributed by atoms with Crippen molar-refractivity contribution in [3.8, 4) is 0 Å². The van der Waals surface area contributed by atoms with Gasteiger partial charge in [0.25, 0.3) is 5.91 Å². The van der Waals surface area contributed by atoms with Crippen LogP contribution in [0, 0.1) is 0 Å². The Bertz CT molecular complexity index is 990. The number of benzene rings is 3. The molecule has 0 radical (unpaired) electrons. The lowest BCUT2D eigenvalue weighted by atomic mass is 9.90. The molecule has 158 valence electrons. The highest BCUT2D eigenvalue weighted by atomic mass is 16.2. The largest absolute Gasteiger partial charge is 0.346 e. The van der Waals surface area contributed by atoms with Gasteiger partial charge >= 0.3 is 0 Å². The van der Waals surface area contributed by atoms with Gasteiger partial charge in [0.05, 0.1) is 18.2 Å². The summed E-state index contributed by atoms with van der Waals surface area (Å²) in [5.41, 5.74) is 7.15. The fraction of sp³-hybridized carbons (Fsp3) is 0.192. The Morgan fingerprint density at radius 2 is 1.39 bits per heavy atom. The SMILES string of the molecule is CCc1ccc(C(C)=NNC(=O)CNC(=O)C(c2ccccc2)c2ccccc2)cc1. The second kappa shape index (κ2) is 10.9. The van der Waals surface area contributed by atoms with Crippen LogP contribution in [0.25, 0.3) is 0 Å². The van der Waals surface area contributed by atoms with E-state index in [1.54, 1.807) is 0 Å². The average molecular weight is 414 g/mol. The first-order valence-electron chi connectivity index (χ1n) is 10.4. The third-order valence-electron chi connectivity index (χ3n) is 5.08. The number of carbonyl (C=O) groups excluding carboxylic acids is 2. The standard InChI is InChI=1S/C26H27N3O2/c1-3-20-14-16-21(17-15-20)19(2)28-29-24(30)18-27-26(31)25(22-10-6-4-7-11-22)23-12-8-5-9-13-23/h4-17,25H,3,18H2,1-2H3,(H,27,31)(H,29,30). The maximum Gasteiger partial charge on any atom is 0.259 e. The second-order valence-corrected chi connectivity index (χ2v) is 7.25. The predicted molar refractivity (Wildman–Crippen MR) is 124 cm³/mol. The summed E-state index contributed by atoms with van der Waals surface area (Å²) in [4.78, 5) is 25.2. The molecule has 0 aliphatic rings. The van der Waals surface area contributed by atoms with Gasteiger partial charge in [-0.15, -0.1) is 0 Å². The van der Waals surface area contributed by atoms with Crippen molar-refractivity contribution in [3.63, 3.8) is 0 Å². The van der Waals surface area contributed by atoms with Crippen molar-refractivity contribution in [2.45, 2.75) is 26.2 Å². The van der Waals surface area contributed by atoms with Gasteiger partial charge < -0.3 is 5.32 Å². The lowest BCUT2D eigenvalue weighted by molar-refractivity contribution is -0.126. The van der Waals surface area contributed by atoms with E-state index < -0.39 is 5.92 Å². The van der Waals surface area contributed by atoms with Crippen molar-refractivity contribution in [1.29, 1.82) is 0 Å². The fourth-order valence-corrected chi connectivity index (χ4v) is 3.29. The maximum atomic E-state index is 12.9. The van der Waals surface area contributed by atoms with E-state index in [9.17, 15) is 9.59 Å². The summed E-state index contributed by atoms with van der Waals surface area (Å²) in [7, 11) is 0. The Hall–Kier alpha value is -3.73. The molecule has 0 saturated heterocycles. The molecule has 0 aromatic heterocycles. The van der Waals surface area contributed by atoms with Crippen LogP contribution in [0.5, 0.6) is 0 Å². The molecule has 0 aliphatic heterocycles. The summed E-state index contributed by atoms with van der Waals surface area (Å²) in [5.74, 6) is -1.10. The minimum atomic E-state index is -0.488. The number of nitrogens with one attached hydrogen (secondary N) is 2.